The van der Waals surface area contributed by atoms with Crippen LogP contribution >= 0.6 is 36.6 Å². The number of rotatable bonds is 5. The fraction of sp³-hybridized carbons (Fsp3) is 0.917. The Hall–Kier alpha value is 0.320. The number of likely N-dealkylation sites (N-methyl/N-ethyl adjacent to an activating group) is 1. The smallest absolute Gasteiger partial charge is 0.238 e. The third kappa shape index (κ3) is 6.08. The van der Waals surface area contributed by atoms with E-state index in [9.17, 15) is 4.79 Å². The Labute approximate surface area is 132 Å². The minimum absolute atomic E-state index is 0. The lowest BCUT2D eigenvalue weighted by Crippen LogP contribution is -2.45. The Balaban J connectivity index is 0.00000162. The number of hydrogen-bond donors (Lipinski definition) is 2. The van der Waals surface area contributed by atoms with Crippen molar-refractivity contribution in [2.75, 3.05) is 31.8 Å². The Morgan fingerprint density at radius 3 is 2.63 bits per heavy atom. The van der Waals surface area contributed by atoms with Gasteiger partial charge in [-0.2, -0.15) is 0 Å². The molecule has 2 fully saturated rings. The van der Waals surface area contributed by atoms with Crippen LogP contribution in [0.4, 0.5) is 0 Å². The highest BCUT2D eigenvalue weighted by molar-refractivity contribution is 7.99. The first-order chi connectivity index (χ1) is 8.27. The highest BCUT2D eigenvalue weighted by Crippen LogP contribution is 2.21. The summed E-state index contributed by atoms with van der Waals surface area (Å²) in [6.45, 7) is 1.74. The molecule has 4 nitrogen and oxygen atoms in total. The van der Waals surface area contributed by atoms with E-state index in [4.69, 9.17) is 0 Å². The van der Waals surface area contributed by atoms with Crippen molar-refractivity contribution in [2.24, 2.45) is 0 Å². The van der Waals surface area contributed by atoms with Gasteiger partial charge in [-0.05, 0) is 19.9 Å². The summed E-state index contributed by atoms with van der Waals surface area (Å²) in [5, 5.41) is 6.21. The van der Waals surface area contributed by atoms with Crippen molar-refractivity contribution in [2.45, 2.75) is 37.8 Å². The average Bonchev–Trinajstić information content (AvgIpc) is 3.02. The third-order valence-electron chi connectivity index (χ3n) is 3.74. The summed E-state index contributed by atoms with van der Waals surface area (Å²) in [6.07, 6.45) is 5.38. The molecule has 1 saturated heterocycles. The molecule has 0 aromatic heterocycles. The lowest BCUT2D eigenvalue weighted by Gasteiger charge is -2.24. The third-order valence-corrected chi connectivity index (χ3v) is 4.68. The van der Waals surface area contributed by atoms with Crippen molar-refractivity contribution in [1.29, 1.82) is 0 Å². The fourth-order valence-corrected chi connectivity index (χ4v) is 3.51. The second-order valence-corrected chi connectivity index (χ2v) is 6.01. The molecule has 19 heavy (non-hydrogen) atoms. The maximum absolute atomic E-state index is 11.7. The number of halogens is 2. The van der Waals surface area contributed by atoms with Crippen LogP contribution in [-0.2, 0) is 4.79 Å². The van der Waals surface area contributed by atoms with E-state index in [1.807, 2.05) is 0 Å². The summed E-state index contributed by atoms with van der Waals surface area (Å²) in [4.78, 5) is 14.1. The van der Waals surface area contributed by atoms with Gasteiger partial charge in [-0.15, -0.1) is 36.6 Å². The molecule has 2 rings (SSSR count). The average molecular weight is 330 g/mol. The fourth-order valence-electron chi connectivity index (χ4n) is 2.57. The standard InChI is InChI=1S/C12H23N3OS.2ClH/c1-15(10-4-2-3-5-10)7-6-13-12(16)11-8-17-9-14-11;;/h10-11,14H,2-9H2,1H3,(H,13,16);2*1H. The molecule has 1 atom stereocenters. The van der Waals surface area contributed by atoms with Crippen LogP contribution in [0.25, 0.3) is 0 Å². The highest BCUT2D eigenvalue weighted by atomic mass is 35.5. The summed E-state index contributed by atoms with van der Waals surface area (Å²) >= 11 is 1.79. The number of thioether (sulfide) groups is 1. The van der Waals surface area contributed by atoms with Gasteiger partial charge in [0.1, 0.15) is 0 Å². The van der Waals surface area contributed by atoms with Crippen LogP contribution in [0.2, 0.25) is 0 Å². The number of carbonyl (C=O) groups is 1. The molecule has 1 unspecified atom stereocenters. The van der Waals surface area contributed by atoms with Gasteiger partial charge >= 0.3 is 0 Å². The first-order valence-corrected chi connectivity index (χ1v) is 7.72. The predicted octanol–water partition coefficient (Wildman–Crippen LogP) is 1.48. The molecule has 0 aromatic rings. The minimum Gasteiger partial charge on any atom is -0.353 e. The van der Waals surface area contributed by atoms with Crippen LogP contribution in [0.1, 0.15) is 25.7 Å². The zero-order chi connectivity index (χ0) is 12.1. The Morgan fingerprint density at radius 2 is 2.05 bits per heavy atom. The first-order valence-electron chi connectivity index (χ1n) is 6.56. The molecule has 114 valence electrons. The van der Waals surface area contributed by atoms with Gasteiger partial charge in [0.15, 0.2) is 0 Å². The van der Waals surface area contributed by atoms with E-state index in [0.29, 0.717) is 0 Å². The molecule has 0 aromatic carbocycles. The van der Waals surface area contributed by atoms with E-state index in [2.05, 4.69) is 22.6 Å². The maximum atomic E-state index is 11.7. The van der Waals surface area contributed by atoms with Crippen molar-refractivity contribution in [3.63, 3.8) is 0 Å². The Bertz CT molecular complexity index is 259. The summed E-state index contributed by atoms with van der Waals surface area (Å²) in [6, 6.07) is 0.767. The molecule has 2 aliphatic rings. The quantitative estimate of drug-likeness (QED) is 0.802. The molecule has 0 radical (unpaired) electrons. The van der Waals surface area contributed by atoms with Crippen molar-refractivity contribution < 1.29 is 4.79 Å². The van der Waals surface area contributed by atoms with E-state index < -0.39 is 0 Å². The number of nitrogens with zero attached hydrogens (tertiary/aromatic N) is 1. The molecular weight excluding hydrogens is 305 g/mol. The molecule has 1 saturated carbocycles. The van der Waals surface area contributed by atoms with Crippen molar-refractivity contribution >= 4 is 42.5 Å². The van der Waals surface area contributed by atoms with Crippen molar-refractivity contribution in [3.05, 3.63) is 0 Å². The lowest BCUT2D eigenvalue weighted by molar-refractivity contribution is -0.122. The van der Waals surface area contributed by atoms with Gasteiger partial charge < -0.3 is 10.2 Å². The Kier molecular flexibility index (Phi) is 10.3. The molecule has 0 bridgehead atoms. The second-order valence-electron chi connectivity index (χ2n) is 4.98. The van der Waals surface area contributed by atoms with Gasteiger partial charge in [0.25, 0.3) is 0 Å². The first kappa shape index (κ1) is 19.3. The van der Waals surface area contributed by atoms with E-state index in [0.717, 1.165) is 30.8 Å². The summed E-state index contributed by atoms with van der Waals surface area (Å²) in [5.74, 6) is 1.97. The van der Waals surface area contributed by atoms with E-state index in [1.165, 1.54) is 25.7 Å². The van der Waals surface area contributed by atoms with Crippen LogP contribution in [0.3, 0.4) is 0 Å². The SMILES string of the molecule is CN(CCNC(=O)C1CSCN1)C1CCCC1.Cl.Cl. The number of carbonyl (C=O) groups excluding carboxylic acids is 1. The molecule has 1 aliphatic heterocycles. The monoisotopic (exact) mass is 329 g/mol. The summed E-state index contributed by atoms with van der Waals surface area (Å²) in [5.41, 5.74) is 0. The van der Waals surface area contributed by atoms with Crippen LogP contribution < -0.4 is 10.6 Å². The van der Waals surface area contributed by atoms with Gasteiger partial charge in [-0.3, -0.25) is 10.1 Å². The van der Waals surface area contributed by atoms with Gasteiger partial charge in [-0.1, -0.05) is 12.8 Å². The molecule has 0 spiro atoms. The van der Waals surface area contributed by atoms with Crippen LogP contribution in [0, 0.1) is 0 Å². The number of hydrogen-bond acceptors (Lipinski definition) is 4. The van der Waals surface area contributed by atoms with Gasteiger partial charge in [-0.25, -0.2) is 0 Å². The van der Waals surface area contributed by atoms with E-state index in [1.54, 1.807) is 11.8 Å². The zero-order valence-corrected chi connectivity index (χ0v) is 13.8. The minimum atomic E-state index is 0. The van der Waals surface area contributed by atoms with E-state index in [-0.39, 0.29) is 36.8 Å². The second kappa shape index (κ2) is 10.1. The lowest BCUT2D eigenvalue weighted by atomic mass is 10.2. The number of nitrogens with one attached hydrogen (secondary N) is 2. The maximum Gasteiger partial charge on any atom is 0.238 e. The molecule has 1 aliphatic carbocycles. The zero-order valence-electron chi connectivity index (χ0n) is 11.4. The highest BCUT2D eigenvalue weighted by Gasteiger charge is 2.23. The van der Waals surface area contributed by atoms with Gasteiger partial charge in [0, 0.05) is 30.8 Å². The van der Waals surface area contributed by atoms with Gasteiger partial charge in [0.05, 0.1) is 6.04 Å². The van der Waals surface area contributed by atoms with Crippen LogP contribution in [0.15, 0.2) is 0 Å². The summed E-state index contributed by atoms with van der Waals surface area (Å²) < 4.78 is 0. The predicted molar refractivity (Wildman–Crippen MR) is 86.6 cm³/mol. The van der Waals surface area contributed by atoms with Crippen molar-refractivity contribution in [3.8, 4) is 0 Å². The summed E-state index contributed by atoms with van der Waals surface area (Å²) in [7, 11) is 2.17. The molecular formula is C12H25Cl2N3OS. The Morgan fingerprint density at radius 1 is 1.37 bits per heavy atom. The molecule has 1 amide bonds. The normalized spacial score (nSPS) is 22.9. The van der Waals surface area contributed by atoms with Crippen LogP contribution in [-0.4, -0.2) is 54.7 Å². The number of amides is 1. The topological polar surface area (TPSA) is 44.4 Å². The van der Waals surface area contributed by atoms with Crippen molar-refractivity contribution in [1.82, 2.24) is 15.5 Å². The van der Waals surface area contributed by atoms with Gasteiger partial charge in [0.2, 0.25) is 5.91 Å². The largest absolute Gasteiger partial charge is 0.353 e. The van der Waals surface area contributed by atoms with Crippen LogP contribution in [0.5, 0.6) is 0 Å². The van der Waals surface area contributed by atoms with E-state index >= 15 is 0 Å². The molecule has 2 N–H and O–H groups in total. The molecule has 1 heterocycles. The molecule has 7 heteroatoms.